The average Bonchev–Trinajstić information content (AvgIpc) is 2.43. The molecule has 22 heavy (non-hydrogen) atoms. The fraction of sp³-hybridized carbons (Fsp3) is 0.368. The molecule has 0 aromatic heterocycles. The molecule has 1 unspecified atom stereocenters. The SMILES string of the molecule is Cc1ccc(Pc2cc(C)cc(C(C)(C)C)c2O)c(CS)c1. The monoisotopic (exact) mass is 332 g/mol. The minimum absolute atomic E-state index is 0.0605. The molecule has 3 heteroatoms. The molecule has 2 aromatic carbocycles. The third-order valence-corrected chi connectivity index (χ3v) is 5.51. The van der Waals surface area contributed by atoms with Crippen molar-refractivity contribution >= 4 is 31.8 Å². The van der Waals surface area contributed by atoms with E-state index in [0.29, 0.717) is 14.3 Å². The molecular weight excluding hydrogens is 307 g/mol. The van der Waals surface area contributed by atoms with E-state index in [0.717, 1.165) is 16.6 Å². The van der Waals surface area contributed by atoms with Gasteiger partial charge in [0, 0.05) is 16.6 Å². The summed E-state index contributed by atoms with van der Waals surface area (Å²) in [6.07, 6.45) is 0. The third kappa shape index (κ3) is 3.86. The van der Waals surface area contributed by atoms with Gasteiger partial charge in [0.2, 0.25) is 0 Å². The number of phenolic OH excluding ortho intramolecular Hbond substituents is 1. The Morgan fingerprint density at radius 1 is 1.00 bits per heavy atom. The molecule has 0 spiro atoms. The highest BCUT2D eigenvalue weighted by atomic mass is 32.1. The maximum Gasteiger partial charge on any atom is 0.127 e. The number of aromatic hydroxyl groups is 1. The van der Waals surface area contributed by atoms with Crippen LogP contribution in [0.4, 0.5) is 0 Å². The fourth-order valence-electron chi connectivity index (χ4n) is 2.57. The molecule has 0 bridgehead atoms. The topological polar surface area (TPSA) is 20.2 Å². The van der Waals surface area contributed by atoms with E-state index in [1.807, 2.05) is 0 Å². The standard InChI is InChI=1S/C19H25OPS/c1-12-6-7-16(14(8-12)11-22)21-17-10-13(2)9-15(18(17)20)19(3,4)5/h6-10,20-22H,11H2,1-5H3. The van der Waals surface area contributed by atoms with Crippen LogP contribution in [0.1, 0.15) is 43.0 Å². The molecule has 0 amide bonds. The van der Waals surface area contributed by atoms with E-state index in [2.05, 4.69) is 77.6 Å². The van der Waals surface area contributed by atoms with Crippen LogP contribution in [-0.4, -0.2) is 5.11 Å². The van der Waals surface area contributed by atoms with Gasteiger partial charge in [0.1, 0.15) is 5.75 Å². The van der Waals surface area contributed by atoms with Crippen molar-refractivity contribution in [2.24, 2.45) is 0 Å². The van der Waals surface area contributed by atoms with Crippen molar-refractivity contribution in [1.29, 1.82) is 0 Å². The molecule has 1 nitrogen and oxygen atoms in total. The van der Waals surface area contributed by atoms with Crippen LogP contribution in [0.15, 0.2) is 30.3 Å². The molecule has 0 fully saturated rings. The number of hydrogen-bond donors (Lipinski definition) is 2. The summed E-state index contributed by atoms with van der Waals surface area (Å²) in [4.78, 5) is 0. The molecule has 2 rings (SSSR count). The Balaban J connectivity index is 2.49. The first-order chi connectivity index (χ1) is 10.2. The second-order valence-electron chi connectivity index (χ2n) is 6.90. The van der Waals surface area contributed by atoms with Crippen molar-refractivity contribution in [1.82, 2.24) is 0 Å². The first-order valence-corrected chi connectivity index (χ1v) is 9.17. The zero-order valence-electron chi connectivity index (χ0n) is 14.0. The van der Waals surface area contributed by atoms with Crippen molar-refractivity contribution in [3.8, 4) is 5.75 Å². The van der Waals surface area contributed by atoms with Crippen molar-refractivity contribution in [2.45, 2.75) is 45.8 Å². The van der Waals surface area contributed by atoms with Crippen LogP contribution in [0.5, 0.6) is 5.75 Å². The highest BCUT2D eigenvalue weighted by Gasteiger charge is 2.21. The van der Waals surface area contributed by atoms with Gasteiger partial charge in [-0.2, -0.15) is 12.6 Å². The van der Waals surface area contributed by atoms with Crippen LogP contribution >= 0.6 is 21.2 Å². The van der Waals surface area contributed by atoms with Crippen molar-refractivity contribution < 1.29 is 5.11 Å². The van der Waals surface area contributed by atoms with E-state index in [9.17, 15) is 5.11 Å². The van der Waals surface area contributed by atoms with Gasteiger partial charge >= 0.3 is 0 Å². The highest BCUT2D eigenvalue weighted by molar-refractivity contribution is 7.79. The smallest absolute Gasteiger partial charge is 0.127 e. The Morgan fingerprint density at radius 2 is 1.68 bits per heavy atom. The van der Waals surface area contributed by atoms with Gasteiger partial charge in [0.25, 0.3) is 0 Å². The second kappa shape index (κ2) is 6.64. The maximum atomic E-state index is 10.7. The van der Waals surface area contributed by atoms with E-state index in [1.165, 1.54) is 22.0 Å². The van der Waals surface area contributed by atoms with Crippen molar-refractivity contribution in [2.75, 3.05) is 0 Å². The van der Waals surface area contributed by atoms with Crippen molar-refractivity contribution in [3.63, 3.8) is 0 Å². The lowest BCUT2D eigenvalue weighted by Gasteiger charge is -2.23. The Bertz CT molecular complexity index is 687. The fourth-order valence-corrected chi connectivity index (χ4v) is 4.31. The lowest BCUT2D eigenvalue weighted by atomic mass is 9.85. The molecule has 2 aromatic rings. The van der Waals surface area contributed by atoms with E-state index in [4.69, 9.17) is 0 Å². The number of thiol groups is 1. The van der Waals surface area contributed by atoms with Gasteiger partial charge in [-0.3, -0.25) is 0 Å². The van der Waals surface area contributed by atoms with Crippen LogP contribution in [-0.2, 0) is 11.2 Å². The van der Waals surface area contributed by atoms with Crippen molar-refractivity contribution in [3.05, 3.63) is 52.6 Å². The summed E-state index contributed by atoms with van der Waals surface area (Å²) in [7, 11) is 0.451. The summed E-state index contributed by atoms with van der Waals surface area (Å²) in [6.45, 7) is 10.6. The summed E-state index contributed by atoms with van der Waals surface area (Å²) in [5.74, 6) is 1.17. The number of hydrogen-bond acceptors (Lipinski definition) is 2. The minimum atomic E-state index is -0.0605. The Hall–Kier alpha value is -0.980. The van der Waals surface area contributed by atoms with Crippen LogP contribution in [0, 0.1) is 13.8 Å². The molecule has 1 atom stereocenters. The molecule has 0 aliphatic carbocycles. The zero-order valence-corrected chi connectivity index (χ0v) is 15.9. The summed E-state index contributed by atoms with van der Waals surface area (Å²) in [6, 6.07) is 10.7. The van der Waals surface area contributed by atoms with Gasteiger partial charge < -0.3 is 5.11 Å². The number of phenols is 1. The van der Waals surface area contributed by atoms with Crippen LogP contribution in [0.25, 0.3) is 0 Å². The highest BCUT2D eigenvalue weighted by Crippen LogP contribution is 2.33. The Kier molecular flexibility index (Phi) is 5.25. The normalized spacial score (nSPS) is 12.3. The summed E-state index contributed by atoms with van der Waals surface area (Å²) >= 11 is 4.45. The van der Waals surface area contributed by atoms with E-state index < -0.39 is 0 Å². The lowest BCUT2D eigenvalue weighted by molar-refractivity contribution is 0.450. The third-order valence-electron chi connectivity index (χ3n) is 3.76. The maximum absolute atomic E-state index is 10.7. The molecule has 0 aliphatic heterocycles. The van der Waals surface area contributed by atoms with E-state index >= 15 is 0 Å². The van der Waals surface area contributed by atoms with Crippen LogP contribution in [0.2, 0.25) is 0 Å². The molecule has 0 radical (unpaired) electrons. The predicted octanol–water partition coefficient (Wildman–Crippen LogP) is 4.37. The average molecular weight is 332 g/mol. The molecule has 0 aliphatic rings. The molecular formula is C19H25OPS. The summed E-state index contributed by atoms with van der Waals surface area (Å²) in [5.41, 5.74) is 4.66. The number of rotatable bonds is 3. The molecule has 0 heterocycles. The molecule has 118 valence electrons. The quantitative estimate of drug-likeness (QED) is 0.632. The number of aryl methyl sites for hydroxylation is 2. The first-order valence-electron chi connectivity index (χ1n) is 7.54. The largest absolute Gasteiger partial charge is 0.507 e. The van der Waals surface area contributed by atoms with Gasteiger partial charge in [-0.05, 0) is 41.8 Å². The minimum Gasteiger partial charge on any atom is -0.507 e. The molecule has 1 N–H and O–H groups in total. The van der Waals surface area contributed by atoms with Gasteiger partial charge in [-0.1, -0.05) is 59.2 Å². The van der Waals surface area contributed by atoms with Crippen LogP contribution < -0.4 is 10.6 Å². The zero-order chi connectivity index (χ0) is 16.5. The lowest BCUT2D eigenvalue weighted by Crippen LogP contribution is -2.17. The van der Waals surface area contributed by atoms with E-state index in [1.54, 1.807) is 0 Å². The number of benzene rings is 2. The summed E-state index contributed by atoms with van der Waals surface area (Å²) < 4.78 is 0. The van der Waals surface area contributed by atoms with Gasteiger partial charge in [-0.15, -0.1) is 0 Å². The van der Waals surface area contributed by atoms with E-state index in [-0.39, 0.29) is 5.41 Å². The molecule has 0 saturated heterocycles. The Morgan fingerprint density at radius 3 is 2.27 bits per heavy atom. The predicted molar refractivity (Wildman–Crippen MR) is 103 cm³/mol. The second-order valence-corrected chi connectivity index (χ2v) is 8.55. The van der Waals surface area contributed by atoms with Gasteiger partial charge in [0.05, 0.1) is 0 Å². The summed E-state index contributed by atoms with van der Waals surface area (Å²) in [5, 5.41) is 13.0. The first kappa shape index (κ1) is 17.4. The Labute approximate surface area is 141 Å². The van der Waals surface area contributed by atoms with Gasteiger partial charge in [-0.25, -0.2) is 0 Å². The van der Waals surface area contributed by atoms with Gasteiger partial charge in [0.15, 0.2) is 0 Å². The van der Waals surface area contributed by atoms with Crippen LogP contribution in [0.3, 0.4) is 0 Å². The molecule has 0 saturated carbocycles.